The second-order valence-electron chi connectivity index (χ2n) is 3.06. The van der Waals surface area contributed by atoms with Crippen LogP contribution in [0.15, 0.2) is 18.3 Å². The molecule has 4 heteroatoms. The first-order valence-electron chi connectivity index (χ1n) is 4.21. The summed E-state index contributed by atoms with van der Waals surface area (Å²) in [4.78, 5) is 14.6. The number of aryl methyl sites for hydroxylation is 2. The largest absolute Gasteiger partial charge is 0.287 e. The molecule has 0 aliphatic carbocycles. The molecule has 72 valence electrons. The molecule has 0 saturated carbocycles. The van der Waals surface area contributed by atoms with E-state index >= 15 is 0 Å². The Labute approximate surface area is 90.4 Å². The normalized spacial score (nSPS) is 10.4. The van der Waals surface area contributed by atoms with Crippen molar-refractivity contribution < 1.29 is 4.79 Å². The van der Waals surface area contributed by atoms with Crippen molar-refractivity contribution in [2.24, 2.45) is 0 Å². The molecule has 0 bridgehead atoms. The molecule has 0 N–H and O–H groups in total. The number of carbonyl (C=O) groups excluding carboxylic acids is 1. The Morgan fingerprint density at radius 2 is 2.14 bits per heavy atom. The summed E-state index contributed by atoms with van der Waals surface area (Å²) in [6, 6.07) is 3.71. The molecule has 2 nitrogen and oxygen atoms in total. The predicted octanol–water partition coefficient (Wildman–Crippen LogP) is 3.05. The van der Waals surface area contributed by atoms with Crippen molar-refractivity contribution in [3.05, 3.63) is 38.5 Å². The molecule has 14 heavy (non-hydrogen) atoms. The van der Waals surface area contributed by atoms with E-state index in [1.807, 2.05) is 19.9 Å². The lowest BCUT2D eigenvalue weighted by Gasteiger charge is -1.89. The summed E-state index contributed by atoms with van der Waals surface area (Å²) in [5, 5.41) is 0. The van der Waals surface area contributed by atoms with E-state index in [0.717, 1.165) is 4.88 Å². The van der Waals surface area contributed by atoms with Crippen LogP contribution in [0.25, 0.3) is 0 Å². The quantitative estimate of drug-likeness (QED) is 0.732. The minimum Gasteiger partial charge on any atom is -0.287 e. The summed E-state index contributed by atoms with van der Waals surface area (Å²) < 4.78 is 3.92. The first-order chi connectivity index (χ1) is 6.68. The summed E-state index contributed by atoms with van der Waals surface area (Å²) in [7, 11) is 0. The van der Waals surface area contributed by atoms with Crippen LogP contribution in [0.3, 0.4) is 0 Å². The molecule has 0 saturated heterocycles. The van der Waals surface area contributed by atoms with E-state index in [2.05, 4.69) is 4.37 Å². The lowest BCUT2D eigenvalue weighted by molar-refractivity contribution is 0.104. The first kappa shape index (κ1) is 9.55. The lowest BCUT2D eigenvalue weighted by Crippen LogP contribution is -1.93. The zero-order valence-electron chi connectivity index (χ0n) is 7.90. The third-order valence-corrected chi connectivity index (χ3v) is 3.95. The van der Waals surface area contributed by atoms with E-state index in [-0.39, 0.29) is 5.78 Å². The average molecular weight is 223 g/mol. The molecule has 0 aliphatic heterocycles. The topological polar surface area (TPSA) is 30.0 Å². The molecule has 2 aromatic heterocycles. The molecular weight excluding hydrogens is 214 g/mol. The third-order valence-electron chi connectivity index (χ3n) is 2.05. The van der Waals surface area contributed by atoms with Crippen molar-refractivity contribution in [2.75, 3.05) is 0 Å². The molecular formula is C10H9NOS2. The van der Waals surface area contributed by atoms with Gasteiger partial charge in [-0.25, -0.2) is 4.37 Å². The Kier molecular flexibility index (Phi) is 2.48. The van der Waals surface area contributed by atoms with Crippen molar-refractivity contribution in [3.8, 4) is 0 Å². The van der Waals surface area contributed by atoms with E-state index in [4.69, 9.17) is 0 Å². The maximum atomic E-state index is 11.9. The molecule has 0 unspecified atom stereocenters. The van der Waals surface area contributed by atoms with Gasteiger partial charge in [0.25, 0.3) is 0 Å². The fourth-order valence-corrected chi connectivity index (χ4v) is 2.74. The average Bonchev–Trinajstić information content (AvgIpc) is 2.76. The number of hydrogen-bond donors (Lipinski definition) is 0. The van der Waals surface area contributed by atoms with Gasteiger partial charge in [-0.2, -0.15) is 0 Å². The van der Waals surface area contributed by atoms with Crippen molar-refractivity contribution in [1.82, 2.24) is 4.37 Å². The van der Waals surface area contributed by atoms with E-state index < -0.39 is 0 Å². The van der Waals surface area contributed by atoms with Crippen LogP contribution in [0, 0.1) is 13.8 Å². The first-order valence-corrected chi connectivity index (χ1v) is 5.80. The van der Waals surface area contributed by atoms with E-state index in [1.54, 1.807) is 23.6 Å². The van der Waals surface area contributed by atoms with Gasteiger partial charge < -0.3 is 0 Å². The number of ketones is 1. The highest BCUT2D eigenvalue weighted by molar-refractivity contribution is 7.15. The van der Waals surface area contributed by atoms with Gasteiger partial charge in [-0.15, -0.1) is 11.3 Å². The van der Waals surface area contributed by atoms with Crippen LogP contribution in [0.2, 0.25) is 0 Å². The van der Waals surface area contributed by atoms with Crippen LogP contribution in [-0.4, -0.2) is 10.2 Å². The molecule has 0 amide bonds. The van der Waals surface area contributed by atoms with Gasteiger partial charge in [0.15, 0.2) is 0 Å². The van der Waals surface area contributed by atoms with Gasteiger partial charge in [-0.1, -0.05) is 0 Å². The van der Waals surface area contributed by atoms with Gasteiger partial charge >= 0.3 is 0 Å². The maximum Gasteiger partial charge on any atom is 0.214 e. The number of rotatable bonds is 2. The van der Waals surface area contributed by atoms with Gasteiger partial charge in [0.1, 0.15) is 0 Å². The van der Waals surface area contributed by atoms with E-state index in [0.29, 0.717) is 4.88 Å². The van der Waals surface area contributed by atoms with E-state index in [9.17, 15) is 4.79 Å². The van der Waals surface area contributed by atoms with Crippen molar-refractivity contribution in [3.63, 3.8) is 0 Å². The fourth-order valence-electron chi connectivity index (χ4n) is 1.14. The van der Waals surface area contributed by atoms with Crippen LogP contribution < -0.4 is 0 Å². The Bertz CT molecular complexity index is 437. The minimum absolute atomic E-state index is 0.0914. The summed E-state index contributed by atoms with van der Waals surface area (Å²) in [5.41, 5.74) is 1.18. The van der Waals surface area contributed by atoms with Gasteiger partial charge in [0.05, 0.1) is 9.75 Å². The molecule has 0 aliphatic rings. The van der Waals surface area contributed by atoms with Crippen LogP contribution >= 0.6 is 22.9 Å². The summed E-state index contributed by atoms with van der Waals surface area (Å²) in [5.74, 6) is 0.0914. The summed E-state index contributed by atoms with van der Waals surface area (Å²) in [6.45, 7) is 4.05. The van der Waals surface area contributed by atoms with Crippen molar-refractivity contribution >= 4 is 28.7 Å². The van der Waals surface area contributed by atoms with Crippen molar-refractivity contribution in [2.45, 2.75) is 13.8 Å². The fraction of sp³-hybridized carbons (Fsp3) is 0.200. The van der Waals surface area contributed by atoms with Gasteiger partial charge in [-0.05, 0) is 43.1 Å². The minimum atomic E-state index is 0.0914. The second kappa shape index (κ2) is 3.63. The Hall–Kier alpha value is -1.000. The van der Waals surface area contributed by atoms with Crippen LogP contribution in [0.1, 0.15) is 25.0 Å². The van der Waals surface area contributed by atoms with Crippen LogP contribution in [0.5, 0.6) is 0 Å². The highest BCUT2D eigenvalue weighted by Gasteiger charge is 2.13. The highest BCUT2D eigenvalue weighted by Crippen LogP contribution is 2.24. The van der Waals surface area contributed by atoms with Crippen molar-refractivity contribution in [1.29, 1.82) is 0 Å². The highest BCUT2D eigenvalue weighted by atomic mass is 32.1. The number of carbonyl (C=O) groups is 1. The van der Waals surface area contributed by atoms with Gasteiger partial charge in [0.2, 0.25) is 5.78 Å². The zero-order chi connectivity index (χ0) is 10.1. The third kappa shape index (κ3) is 1.63. The smallest absolute Gasteiger partial charge is 0.214 e. The number of thiophene rings is 1. The Balaban J connectivity index is 2.37. The predicted molar refractivity (Wildman–Crippen MR) is 59.3 cm³/mol. The molecule has 0 fully saturated rings. The molecule has 0 radical (unpaired) electrons. The van der Waals surface area contributed by atoms with Crippen LogP contribution in [-0.2, 0) is 0 Å². The summed E-state index contributed by atoms with van der Waals surface area (Å²) >= 11 is 2.80. The standard InChI is InChI=1S/C10H9NOS2/c1-6-5-9(13-7(6)2)10(12)8-3-4-11-14-8/h3-5H,1-2H3. The summed E-state index contributed by atoms with van der Waals surface area (Å²) in [6.07, 6.45) is 1.66. The van der Waals surface area contributed by atoms with Crippen LogP contribution in [0.4, 0.5) is 0 Å². The molecule has 2 rings (SSSR count). The van der Waals surface area contributed by atoms with Gasteiger partial charge in [0, 0.05) is 11.1 Å². The second-order valence-corrected chi connectivity index (χ2v) is 5.15. The zero-order valence-corrected chi connectivity index (χ0v) is 9.54. The number of aromatic nitrogens is 1. The number of hydrogen-bond acceptors (Lipinski definition) is 4. The SMILES string of the molecule is Cc1cc(C(=O)c2ccns2)sc1C. The molecule has 0 spiro atoms. The Morgan fingerprint density at radius 3 is 2.64 bits per heavy atom. The molecule has 0 atom stereocenters. The molecule has 2 heterocycles. The number of nitrogens with zero attached hydrogens (tertiary/aromatic N) is 1. The molecule has 0 aromatic carbocycles. The monoisotopic (exact) mass is 223 g/mol. The Morgan fingerprint density at radius 1 is 1.36 bits per heavy atom. The molecule has 2 aromatic rings. The van der Waals surface area contributed by atoms with Gasteiger partial charge in [-0.3, -0.25) is 4.79 Å². The maximum absolute atomic E-state index is 11.9. The lowest BCUT2D eigenvalue weighted by atomic mass is 10.2. The van der Waals surface area contributed by atoms with E-state index in [1.165, 1.54) is 22.0 Å².